The van der Waals surface area contributed by atoms with Gasteiger partial charge in [-0.3, -0.25) is 14.5 Å². The molecule has 0 heterocycles. The Morgan fingerprint density at radius 1 is 0.947 bits per heavy atom. The molecule has 0 saturated heterocycles. The van der Waals surface area contributed by atoms with Crippen molar-refractivity contribution in [2.24, 2.45) is 0 Å². The fourth-order valence-electron chi connectivity index (χ4n) is 1.36. The van der Waals surface area contributed by atoms with Crippen molar-refractivity contribution in [2.75, 3.05) is 46.1 Å². The second-order valence-electron chi connectivity index (χ2n) is 4.08. The molecule has 0 aliphatic heterocycles. The minimum absolute atomic E-state index is 0.271. The Morgan fingerprint density at radius 2 is 1.47 bits per heavy atom. The monoisotopic (exact) mass is 277 g/mol. The van der Waals surface area contributed by atoms with Crippen LogP contribution in [0.4, 0.5) is 0 Å². The van der Waals surface area contributed by atoms with Crippen molar-refractivity contribution in [1.29, 1.82) is 0 Å². The number of carboxylic acids is 2. The van der Waals surface area contributed by atoms with Gasteiger partial charge in [-0.25, -0.2) is 0 Å². The zero-order valence-electron chi connectivity index (χ0n) is 11.3. The highest BCUT2D eigenvalue weighted by Crippen LogP contribution is 1.91. The summed E-state index contributed by atoms with van der Waals surface area (Å²) in [4.78, 5) is 22.4. The number of aliphatic carboxylic acids is 2. The lowest BCUT2D eigenvalue weighted by Crippen LogP contribution is -2.37. The third kappa shape index (κ3) is 13.1. The smallest absolute Gasteiger partial charge is 0.317 e. The summed E-state index contributed by atoms with van der Waals surface area (Å²) in [7, 11) is 0. The van der Waals surface area contributed by atoms with E-state index in [2.05, 4.69) is 6.92 Å². The third-order valence-electron chi connectivity index (χ3n) is 2.28. The summed E-state index contributed by atoms with van der Waals surface area (Å²) in [5.74, 6) is -2.10. The molecule has 0 amide bonds. The van der Waals surface area contributed by atoms with E-state index in [9.17, 15) is 9.59 Å². The highest BCUT2D eigenvalue weighted by molar-refractivity contribution is 5.72. The predicted octanol–water partition coefficient (Wildman–Crippen LogP) is 0.291. The summed E-state index contributed by atoms with van der Waals surface area (Å²) in [6.07, 6.45) is 2.10. The Labute approximate surface area is 113 Å². The molecule has 0 aromatic heterocycles. The lowest BCUT2D eigenvalue weighted by atomic mass is 10.4. The second-order valence-corrected chi connectivity index (χ2v) is 4.08. The average Bonchev–Trinajstić information content (AvgIpc) is 2.30. The van der Waals surface area contributed by atoms with Crippen molar-refractivity contribution >= 4 is 11.9 Å². The maximum Gasteiger partial charge on any atom is 0.317 e. The van der Waals surface area contributed by atoms with E-state index < -0.39 is 11.9 Å². The van der Waals surface area contributed by atoms with Gasteiger partial charge < -0.3 is 19.7 Å². The number of rotatable bonds is 13. The Bertz CT molecular complexity index is 243. The average molecular weight is 277 g/mol. The SMILES string of the molecule is CCCCOCCOCCN(CC(=O)O)CC(=O)O. The number of hydrogen-bond acceptors (Lipinski definition) is 5. The van der Waals surface area contributed by atoms with Crippen molar-refractivity contribution in [3.63, 3.8) is 0 Å². The highest BCUT2D eigenvalue weighted by Gasteiger charge is 2.12. The molecule has 0 saturated carbocycles. The molecule has 7 nitrogen and oxygen atoms in total. The van der Waals surface area contributed by atoms with Crippen LogP contribution in [0.25, 0.3) is 0 Å². The van der Waals surface area contributed by atoms with Gasteiger partial charge in [0, 0.05) is 13.2 Å². The Hall–Kier alpha value is -1.18. The van der Waals surface area contributed by atoms with Gasteiger partial charge in [0.05, 0.1) is 32.9 Å². The van der Waals surface area contributed by atoms with Gasteiger partial charge in [0.15, 0.2) is 0 Å². The van der Waals surface area contributed by atoms with E-state index in [1.165, 1.54) is 4.90 Å². The molecule has 0 radical (unpaired) electrons. The van der Waals surface area contributed by atoms with E-state index in [4.69, 9.17) is 19.7 Å². The molecular weight excluding hydrogens is 254 g/mol. The fraction of sp³-hybridized carbons (Fsp3) is 0.833. The van der Waals surface area contributed by atoms with Gasteiger partial charge in [0.1, 0.15) is 0 Å². The minimum atomic E-state index is -1.05. The van der Waals surface area contributed by atoms with Gasteiger partial charge in [-0.1, -0.05) is 13.3 Å². The van der Waals surface area contributed by atoms with E-state index in [0.29, 0.717) is 19.8 Å². The number of ether oxygens (including phenoxy) is 2. The Morgan fingerprint density at radius 3 is 1.95 bits per heavy atom. The van der Waals surface area contributed by atoms with Gasteiger partial charge in [-0.15, -0.1) is 0 Å². The minimum Gasteiger partial charge on any atom is -0.480 e. The summed E-state index contributed by atoms with van der Waals surface area (Å²) < 4.78 is 10.5. The van der Waals surface area contributed by atoms with Crippen LogP contribution in [0.1, 0.15) is 19.8 Å². The topological polar surface area (TPSA) is 96.3 Å². The van der Waals surface area contributed by atoms with Crippen LogP contribution in [0.3, 0.4) is 0 Å². The highest BCUT2D eigenvalue weighted by atomic mass is 16.5. The number of carbonyl (C=O) groups is 2. The first kappa shape index (κ1) is 17.8. The Kier molecular flexibility index (Phi) is 11.1. The van der Waals surface area contributed by atoms with Crippen molar-refractivity contribution in [3.8, 4) is 0 Å². The molecule has 0 aromatic carbocycles. The number of unbranched alkanes of at least 4 members (excludes halogenated alkanes) is 1. The maximum atomic E-state index is 10.5. The van der Waals surface area contributed by atoms with Crippen LogP contribution < -0.4 is 0 Å². The first-order valence-corrected chi connectivity index (χ1v) is 6.37. The van der Waals surface area contributed by atoms with E-state index in [1.54, 1.807) is 0 Å². The largest absolute Gasteiger partial charge is 0.480 e. The van der Waals surface area contributed by atoms with Gasteiger partial charge in [0.2, 0.25) is 0 Å². The number of hydrogen-bond donors (Lipinski definition) is 2. The number of carboxylic acid groups (broad SMARTS) is 2. The van der Waals surface area contributed by atoms with Gasteiger partial charge >= 0.3 is 11.9 Å². The quantitative estimate of drug-likeness (QED) is 0.467. The van der Waals surface area contributed by atoms with Crippen LogP contribution in [-0.2, 0) is 19.1 Å². The molecule has 0 aromatic rings. The van der Waals surface area contributed by atoms with E-state index in [-0.39, 0.29) is 26.2 Å². The van der Waals surface area contributed by atoms with E-state index in [0.717, 1.165) is 12.8 Å². The van der Waals surface area contributed by atoms with E-state index in [1.807, 2.05) is 0 Å². The molecule has 112 valence electrons. The summed E-state index contributed by atoms with van der Waals surface area (Å²) in [6, 6.07) is 0. The van der Waals surface area contributed by atoms with Crippen molar-refractivity contribution in [2.45, 2.75) is 19.8 Å². The predicted molar refractivity (Wildman–Crippen MR) is 68.3 cm³/mol. The molecule has 2 N–H and O–H groups in total. The van der Waals surface area contributed by atoms with Crippen LogP contribution in [0.15, 0.2) is 0 Å². The van der Waals surface area contributed by atoms with Crippen molar-refractivity contribution < 1.29 is 29.3 Å². The van der Waals surface area contributed by atoms with Gasteiger partial charge in [-0.2, -0.15) is 0 Å². The normalized spacial score (nSPS) is 10.8. The molecule has 0 atom stereocenters. The first-order chi connectivity index (χ1) is 9.06. The van der Waals surface area contributed by atoms with Crippen LogP contribution in [-0.4, -0.2) is 73.1 Å². The van der Waals surface area contributed by atoms with Crippen LogP contribution in [0.5, 0.6) is 0 Å². The molecule has 0 aliphatic carbocycles. The Balaban J connectivity index is 3.57. The zero-order chi connectivity index (χ0) is 14.5. The van der Waals surface area contributed by atoms with Crippen molar-refractivity contribution in [3.05, 3.63) is 0 Å². The van der Waals surface area contributed by atoms with Crippen LogP contribution in [0.2, 0.25) is 0 Å². The molecule has 19 heavy (non-hydrogen) atoms. The maximum absolute atomic E-state index is 10.5. The molecule has 0 bridgehead atoms. The summed E-state index contributed by atoms with van der Waals surface area (Å²) in [6.45, 7) is 3.68. The zero-order valence-corrected chi connectivity index (χ0v) is 11.3. The van der Waals surface area contributed by atoms with Crippen LogP contribution in [0, 0.1) is 0 Å². The molecule has 0 rings (SSSR count). The lowest BCUT2D eigenvalue weighted by molar-refractivity contribution is -0.142. The standard InChI is InChI=1S/C12H23NO6/c1-2-3-5-18-7-8-19-6-4-13(9-11(14)15)10-12(16)17/h2-10H2,1H3,(H,14,15)(H,16,17). The summed E-state index contributed by atoms with van der Waals surface area (Å²) >= 11 is 0. The third-order valence-corrected chi connectivity index (χ3v) is 2.28. The summed E-state index contributed by atoms with van der Waals surface area (Å²) in [5, 5.41) is 17.2. The molecule has 0 fully saturated rings. The van der Waals surface area contributed by atoms with Crippen molar-refractivity contribution in [1.82, 2.24) is 4.90 Å². The fourth-order valence-corrected chi connectivity index (χ4v) is 1.36. The number of nitrogens with zero attached hydrogens (tertiary/aromatic N) is 1. The van der Waals surface area contributed by atoms with Gasteiger partial charge in [0.25, 0.3) is 0 Å². The second kappa shape index (κ2) is 11.9. The van der Waals surface area contributed by atoms with Crippen LogP contribution >= 0.6 is 0 Å². The molecule has 7 heteroatoms. The summed E-state index contributed by atoms with van der Waals surface area (Å²) in [5.41, 5.74) is 0. The first-order valence-electron chi connectivity index (χ1n) is 6.37. The molecule has 0 aliphatic rings. The van der Waals surface area contributed by atoms with Gasteiger partial charge in [-0.05, 0) is 6.42 Å². The molecular formula is C12H23NO6. The lowest BCUT2D eigenvalue weighted by Gasteiger charge is -2.17. The molecule has 0 spiro atoms. The van der Waals surface area contributed by atoms with E-state index >= 15 is 0 Å². The molecule has 0 unspecified atom stereocenters.